The molecular weight excluding hydrogens is 387 g/mol. The van der Waals surface area contributed by atoms with Crippen LogP contribution in [0.2, 0.25) is 0 Å². The van der Waals surface area contributed by atoms with Gasteiger partial charge in [-0.05, 0) is 18.4 Å². The van der Waals surface area contributed by atoms with Gasteiger partial charge in [0.15, 0.2) is 0 Å². The number of rotatable bonds is 5. The summed E-state index contributed by atoms with van der Waals surface area (Å²) in [7, 11) is -3.09. The van der Waals surface area contributed by atoms with Crippen LogP contribution in [0.4, 0.5) is 0 Å². The van der Waals surface area contributed by atoms with Crippen molar-refractivity contribution in [2.24, 2.45) is 5.10 Å². The molecule has 0 radical (unpaired) electrons. The lowest BCUT2D eigenvalue weighted by molar-refractivity contribution is 0.468. The highest BCUT2D eigenvalue weighted by Crippen LogP contribution is 2.53. The molecule has 0 saturated heterocycles. The number of benzene rings is 2. The highest BCUT2D eigenvalue weighted by molar-refractivity contribution is 7.68. The Hall–Kier alpha value is -2.88. The second-order valence-corrected chi connectivity index (χ2v) is 9.39. The maximum atomic E-state index is 13.6. The molecule has 28 heavy (non-hydrogen) atoms. The van der Waals surface area contributed by atoms with Crippen LogP contribution in [0.1, 0.15) is 22.9 Å². The summed E-state index contributed by atoms with van der Waals surface area (Å²) in [5.41, 5.74) is 2.52. The molecule has 1 N–H and O–H groups in total. The zero-order chi connectivity index (χ0) is 19.4. The van der Waals surface area contributed by atoms with E-state index in [9.17, 15) is 4.57 Å². The summed E-state index contributed by atoms with van der Waals surface area (Å²) in [6, 6.07) is 23.3. The lowest BCUT2D eigenvalue weighted by Crippen LogP contribution is -2.08. The number of ether oxygens (including phenoxy) is 1. The minimum Gasteiger partial charge on any atom is -0.456 e. The van der Waals surface area contributed by atoms with Crippen molar-refractivity contribution in [1.82, 2.24) is 5.20 Å². The predicted octanol–water partition coefficient (Wildman–Crippen LogP) is 6.37. The van der Waals surface area contributed by atoms with E-state index < -0.39 is 7.29 Å². The Labute approximate surface area is 168 Å². The van der Waals surface area contributed by atoms with Crippen molar-refractivity contribution in [3.05, 3.63) is 106 Å². The Bertz CT molecular complexity index is 1030. The molecule has 2 aromatic carbocycles. The first-order valence-electron chi connectivity index (χ1n) is 8.82. The van der Waals surface area contributed by atoms with Gasteiger partial charge in [-0.1, -0.05) is 66.7 Å². The average molecular weight is 406 g/mol. The quantitative estimate of drug-likeness (QED) is 0.304. The van der Waals surface area contributed by atoms with Crippen molar-refractivity contribution in [1.29, 1.82) is 0 Å². The van der Waals surface area contributed by atoms with Crippen LogP contribution >= 0.6 is 18.6 Å². The molecule has 4 rings (SSSR count). The molecule has 0 atom stereocenters. The zero-order valence-corrected chi connectivity index (χ0v) is 17.0. The molecule has 6 heteroatoms. The van der Waals surface area contributed by atoms with Gasteiger partial charge in [0, 0.05) is 27.6 Å². The number of hydrogen-bond acceptors (Lipinski definition) is 4. The second-order valence-electron chi connectivity index (χ2n) is 6.30. The van der Waals surface area contributed by atoms with E-state index in [-0.39, 0.29) is 0 Å². The summed E-state index contributed by atoms with van der Waals surface area (Å²) in [5, 5.41) is 9.28. The molecule has 140 valence electrons. The SMILES string of the molecule is C/C(=N/NP1(=O)C=C(c2ccccc2)OC(c2ccccc2)=C1)c1cccs1. The van der Waals surface area contributed by atoms with Crippen LogP contribution < -0.4 is 5.20 Å². The van der Waals surface area contributed by atoms with Gasteiger partial charge in [0.1, 0.15) is 11.5 Å². The van der Waals surface area contributed by atoms with Crippen LogP contribution in [0.25, 0.3) is 11.5 Å². The van der Waals surface area contributed by atoms with Crippen molar-refractivity contribution in [2.75, 3.05) is 0 Å². The lowest BCUT2D eigenvalue weighted by Gasteiger charge is -2.22. The molecule has 1 aliphatic rings. The van der Waals surface area contributed by atoms with E-state index in [0.29, 0.717) is 11.5 Å². The molecule has 3 aromatic rings. The third-order valence-corrected chi connectivity index (χ3v) is 6.83. The number of hydrazone groups is 1. The van der Waals surface area contributed by atoms with Gasteiger partial charge in [0.25, 0.3) is 0 Å². The maximum Gasteiger partial charge on any atom is 0.235 e. The number of thiophene rings is 1. The Balaban J connectivity index is 1.72. The van der Waals surface area contributed by atoms with Crippen LogP contribution in [0.15, 0.2) is 94.9 Å². The summed E-state index contributed by atoms with van der Waals surface area (Å²) in [5.74, 6) is 4.39. The molecule has 4 nitrogen and oxygen atoms in total. The monoisotopic (exact) mass is 406 g/mol. The van der Waals surface area contributed by atoms with E-state index in [0.717, 1.165) is 21.7 Å². The summed E-state index contributed by atoms with van der Waals surface area (Å²) in [6.07, 6.45) is 0. The lowest BCUT2D eigenvalue weighted by atomic mass is 10.2. The Morgan fingerprint density at radius 1 is 0.893 bits per heavy atom. The van der Waals surface area contributed by atoms with Crippen molar-refractivity contribution >= 4 is 35.9 Å². The topological polar surface area (TPSA) is 50.7 Å². The van der Waals surface area contributed by atoms with Gasteiger partial charge in [-0.25, -0.2) is 0 Å². The Morgan fingerprint density at radius 3 is 1.96 bits per heavy atom. The van der Waals surface area contributed by atoms with Gasteiger partial charge in [-0.15, -0.1) is 11.3 Å². The highest BCUT2D eigenvalue weighted by Gasteiger charge is 2.26. The first-order chi connectivity index (χ1) is 13.6. The largest absolute Gasteiger partial charge is 0.456 e. The number of nitrogens with zero attached hydrogens (tertiary/aromatic N) is 1. The molecule has 0 aliphatic carbocycles. The average Bonchev–Trinajstić information content (AvgIpc) is 3.28. The molecule has 1 aromatic heterocycles. The van der Waals surface area contributed by atoms with Crippen molar-refractivity contribution < 1.29 is 9.30 Å². The summed E-state index contributed by atoms with van der Waals surface area (Å²) in [6.45, 7) is 1.90. The minimum absolute atomic E-state index is 0.557. The fraction of sp³-hybridized carbons (Fsp3) is 0.0455. The van der Waals surface area contributed by atoms with Gasteiger partial charge >= 0.3 is 0 Å². The fourth-order valence-electron chi connectivity index (χ4n) is 2.78. The van der Waals surface area contributed by atoms with Crippen LogP contribution in [0.3, 0.4) is 0 Å². The summed E-state index contributed by atoms with van der Waals surface area (Å²) >= 11 is 1.60. The van der Waals surface area contributed by atoms with Gasteiger partial charge in [-0.2, -0.15) is 5.10 Å². The van der Waals surface area contributed by atoms with Gasteiger partial charge in [0.2, 0.25) is 7.29 Å². The van der Waals surface area contributed by atoms with Gasteiger partial charge in [-0.3, -0.25) is 9.76 Å². The molecule has 2 heterocycles. The maximum absolute atomic E-state index is 13.6. The Morgan fingerprint density at radius 2 is 1.46 bits per heavy atom. The third kappa shape index (κ3) is 4.16. The molecule has 0 saturated carbocycles. The van der Waals surface area contributed by atoms with E-state index in [1.807, 2.05) is 85.1 Å². The van der Waals surface area contributed by atoms with Crippen LogP contribution in [0, 0.1) is 0 Å². The van der Waals surface area contributed by atoms with E-state index in [2.05, 4.69) is 10.3 Å². The van der Waals surface area contributed by atoms with Crippen molar-refractivity contribution in [3.8, 4) is 0 Å². The van der Waals surface area contributed by atoms with E-state index >= 15 is 0 Å². The molecule has 0 unspecified atom stereocenters. The van der Waals surface area contributed by atoms with E-state index in [1.165, 1.54) is 0 Å². The molecular formula is C22H19N2O2PS. The minimum atomic E-state index is -3.09. The van der Waals surface area contributed by atoms with Crippen LogP contribution in [-0.2, 0) is 9.30 Å². The first kappa shape index (κ1) is 18.5. The molecule has 0 spiro atoms. The van der Waals surface area contributed by atoms with E-state index in [1.54, 1.807) is 23.0 Å². The molecule has 0 fully saturated rings. The van der Waals surface area contributed by atoms with Gasteiger partial charge < -0.3 is 4.74 Å². The smallest absolute Gasteiger partial charge is 0.235 e. The van der Waals surface area contributed by atoms with Crippen molar-refractivity contribution in [3.63, 3.8) is 0 Å². The standard InChI is InChI=1S/C22H19N2O2PS/c1-17(22-13-8-14-28-22)23-24-27(25)15-20(18-9-4-2-5-10-18)26-21(16-27)19-11-6-3-7-12-19/h2-16H,1H3,(H,24,25)/b23-17-. The number of hydrogen-bond donors (Lipinski definition) is 1. The van der Waals surface area contributed by atoms with Crippen LogP contribution in [0.5, 0.6) is 0 Å². The third-order valence-electron chi connectivity index (χ3n) is 4.21. The normalized spacial score (nSPS) is 16.0. The summed E-state index contributed by atoms with van der Waals surface area (Å²) in [4.78, 5) is 1.03. The highest BCUT2D eigenvalue weighted by atomic mass is 32.1. The first-order valence-corrected chi connectivity index (χ1v) is 11.5. The Kier molecular flexibility index (Phi) is 5.29. The molecule has 0 bridgehead atoms. The predicted molar refractivity (Wildman–Crippen MR) is 117 cm³/mol. The fourth-order valence-corrected chi connectivity index (χ4v) is 5.05. The van der Waals surface area contributed by atoms with Gasteiger partial charge in [0.05, 0.1) is 5.71 Å². The summed E-state index contributed by atoms with van der Waals surface area (Å²) < 4.78 is 19.7. The van der Waals surface area contributed by atoms with Crippen LogP contribution in [-0.4, -0.2) is 5.71 Å². The second kappa shape index (κ2) is 8.01. The molecule has 0 amide bonds. The van der Waals surface area contributed by atoms with Crippen molar-refractivity contribution in [2.45, 2.75) is 6.92 Å². The van der Waals surface area contributed by atoms with E-state index in [4.69, 9.17) is 4.74 Å². The molecule has 1 aliphatic heterocycles. The number of nitrogens with one attached hydrogen (secondary N) is 1. The zero-order valence-electron chi connectivity index (χ0n) is 15.3.